The largest absolute Gasteiger partial charge is 0.366 e. The van der Waals surface area contributed by atoms with E-state index in [-0.39, 0.29) is 0 Å². The molecular formula is C16H26BrN3. The van der Waals surface area contributed by atoms with Crippen molar-refractivity contribution in [1.82, 2.24) is 10.2 Å². The fraction of sp³-hybridized carbons (Fsp3) is 0.625. The summed E-state index contributed by atoms with van der Waals surface area (Å²) in [5.74, 6) is 0. The van der Waals surface area contributed by atoms with Crippen LogP contribution < -0.4 is 10.2 Å². The van der Waals surface area contributed by atoms with Gasteiger partial charge in [0, 0.05) is 48.4 Å². The van der Waals surface area contributed by atoms with Crippen LogP contribution in [-0.2, 0) is 6.54 Å². The van der Waals surface area contributed by atoms with E-state index in [1.54, 1.807) is 0 Å². The summed E-state index contributed by atoms with van der Waals surface area (Å²) in [6.45, 7) is 11.0. The lowest BCUT2D eigenvalue weighted by Crippen LogP contribution is -2.50. The summed E-state index contributed by atoms with van der Waals surface area (Å²) < 4.78 is 1.16. The summed E-state index contributed by atoms with van der Waals surface area (Å²) in [4.78, 5) is 4.95. The van der Waals surface area contributed by atoms with Crippen molar-refractivity contribution < 1.29 is 0 Å². The molecule has 1 aromatic rings. The summed E-state index contributed by atoms with van der Waals surface area (Å²) in [5.41, 5.74) is 2.76. The highest BCUT2D eigenvalue weighted by Crippen LogP contribution is 2.27. The van der Waals surface area contributed by atoms with Gasteiger partial charge in [-0.2, -0.15) is 0 Å². The van der Waals surface area contributed by atoms with Gasteiger partial charge in [0.2, 0.25) is 0 Å². The predicted molar refractivity (Wildman–Crippen MR) is 90.4 cm³/mol. The lowest BCUT2D eigenvalue weighted by Gasteiger charge is -2.40. The first-order chi connectivity index (χ1) is 9.47. The number of piperazine rings is 1. The van der Waals surface area contributed by atoms with Crippen molar-refractivity contribution in [2.24, 2.45) is 0 Å². The van der Waals surface area contributed by atoms with E-state index in [1.165, 1.54) is 11.3 Å². The van der Waals surface area contributed by atoms with Gasteiger partial charge in [-0.15, -0.1) is 0 Å². The predicted octanol–water partition coefficient (Wildman–Crippen LogP) is 3.09. The van der Waals surface area contributed by atoms with E-state index in [2.05, 4.69) is 77.1 Å². The fourth-order valence-electron chi connectivity index (χ4n) is 2.79. The molecule has 20 heavy (non-hydrogen) atoms. The van der Waals surface area contributed by atoms with E-state index in [0.717, 1.165) is 30.7 Å². The minimum absolute atomic E-state index is 0.506. The topological polar surface area (TPSA) is 18.5 Å². The zero-order valence-electron chi connectivity index (χ0n) is 13.0. The number of nitrogens with zero attached hydrogens (tertiary/aromatic N) is 2. The van der Waals surface area contributed by atoms with Gasteiger partial charge < -0.3 is 15.1 Å². The lowest BCUT2D eigenvalue weighted by atomic mass is 10.1. The first-order valence-corrected chi connectivity index (χ1v) is 8.23. The monoisotopic (exact) mass is 339 g/mol. The minimum atomic E-state index is 0.506. The standard InChI is InChI=1S/C16H26BrN3/c1-12(2)18-10-14-9-15(17)5-6-16(14)20-8-7-19(4)11-13(20)3/h5-6,9,12-13,18H,7-8,10-11H2,1-4H3. The first kappa shape index (κ1) is 15.8. The van der Waals surface area contributed by atoms with E-state index in [4.69, 9.17) is 0 Å². The Balaban J connectivity index is 2.21. The Bertz CT molecular complexity index is 447. The molecule has 0 saturated carbocycles. The summed E-state index contributed by atoms with van der Waals surface area (Å²) in [6, 6.07) is 7.72. The Hall–Kier alpha value is -0.580. The second kappa shape index (κ2) is 6.92. The second-order valence-corrected chi connectivity index (χ2v) is 7.03. The number of halogens is 1. The molecule has 0 aliphatic carbocycles. The molecule has 0 spiro atoms. The third kappa shape index (κ3) is 3.96. The van der Waals surface area contributed by atoms with Crippen molar-refractivity contribution in [3.63, 3.8) is 0 Å². The van der Waals surface area contributed by atoms with E-state index in [9.17, 15) is 0 Å². The van der Waals surface area contributed by atoms with Crippen molar-refractivity contribution >= 4 is 21.6 Å². The average Bonchev–Trinajstić information content (AvgIpc) is 2.37. The van der Waals surface area contributed by atoms with Crippen molar-refractivity contribution in [2.75, 3.05) is 31.6 Å². The van der Waals surface area contributed by atoms with Crippen LogP contribution in [0.15, 0.2) is 22.7 Å². The molecule has 1 aliphatic rings. The Labute approximate surface area is 131 Å². The number of benzene rings is 1. The highest BCUT2D eigenvalue weighted by molar-refractivity contribution is 9.10. The third-order valence-electron chi connectivity index (χ3n) is 3.88. The highest BCUT2D eigenvalue weighted by Gasteiger charge is 2.23. The molecule has 1 saturated heterocycles. The normalized spacial score (nSPS) is 20.7. The Morgan fingerprint density at radius 1 is 1.35 bits per heavy atom. The molecule has 0 bridgehead atoms. The molecule has 1 heterocycles. The van der Waals surface area contributed by atoms with Crippen LogP contribution in [0.3, 0.4) is 0 Å². The summed E-state index contributed by atoms with van der Waals surface area (Å²) in [7, 11) is 2.21. The van der Waals surface area contributed by atoms with Crippen LogP contribution >= 0.6 is 15.9 Å². The molecule has 1 aromatic carbocycles. The van der Waals surface area contributed by atoms with Crippen molar-refractivity contribution in [1.29, 1.82) is 0 Å². The zero-order chi connectivity index (χ0) is 14.7. The van der Waals surface area contributed by atoms with Gasteiger partial charge in [0.15, 0.2) is 0 Å². The number of hydrogen-bond donors (Lipinski definition) is 1. The number of likely N-dealkylation sites (N-methyl/N-ethyl adjacent to an activating group) is 1. The molecule has 0 aromatic heterocycles. The Morgan fingerprint density at radius 2 is 2.10 bits per heavy atom. The molecule has 2 rings (SSSR count). The van der Waals surface area contributed by atoms with Gasteiger partial charge >= 0.3 is 0 Å². The van der Waals surface area contributed by atoms with Crippen LogP contribution in [0.5, 0.6) is 0 Å². The molecule has 1 aliphatic heterocycles. The molecule has 4 heteroatoms. The van der Waals surface area contributed by atoms with Gasteiger partial charge in [-0.05, 0) is 37.7 Å². The van der Waals surface area contributed by atoms with Crippen LogP contribution in [0.25, 0.3) is 0 Å². The van der Waals surface area contributed by atoms with Gasteiger partial charge in [-0.1, -0.05) is 29.8 Å². The number of nitrogens with one attached hydrogen (secondary N) is 1. The molecule has 0 amide bonds. The molecule has 1 fully saturated rings. The summed E-state index contributed by atoms with van der Waals surface area (Å²) >= 11 is 3.60. The molecule has 1 atom stereocenters. The van der Waals surface area contributed by atoms with Crippen molar-refractivity contribution in [3.05, 3.63) is 28.2 Å². The van der Waals surface area contributed by atoms with Gasteiger partial charge in [-0.25, -0.2) is 0 Å². The van der Waals surface area contributed by atoms with Crippen LogP contribution in [-0.4, -0.2) is 43.7 Å². The fourth-order valence-corrected chi connectivity index (χ4v) is 3.20. The first-order valence-electron chi connectivity index (χ1n) is 7.44. The minimum Gasteiger partial charge on any atom is -0.366 e. The second-order valence-electron chi connectivity index (χ2n) is 6.11. The Kier molecular flexibility index (Phi) is 5.47. The highest BCUT2D eigenvalue weighted by atomic mass is 79.9. The maximum absolute atomic E-state index is 3.60. The maximum atomic E-state index is 3.60. The molecular weight excluding hydrogens is 314 g/mol. The number of hydrogen-bond acceptors (Lipinski definition) is 3. The van der Waals surface area contributed by atoms with Gasteiger partial charge in [0.1, 0.15) is 0 Å². The smallest absolute Gasteiger partial charge is 0.0415 e. The van der Waals surface area contributed by atoms with Crippen LogP contribution in [0.1, 0.15) is 26.3 Å². The van der Waals surface area contributed by atoms with E-state index < -0.39 is 0 Å². The van der Waals surface area contributed by atoms with Crippen LogP contribution in [0.4, 0.5) is 5.69 Å². The molecule has 112 valence electrons. The third-order valence-corrected chi connectivity index (χ3v) is 4.38. The van der Waals surface area contributed by atoms with E-state index in [0.29, 0.717) is 12.1 Å². The maximum Gasteiger partial charge on any atom is 0.0415 e. The zero-order valence-corrected chi connectivity index (χ0v) is 14.6. The number of rotatable bonds is 4. The summed E-state index contributed by atoms with van der Waals surface area (Å²) in [5, 5.41) is 3.53. The molecule has 1 N–H and O–H groups in total. The van der Waals surface area contributed by atoms with Gasteiger partial charge in [0.25, 0.3) is 0 Å². The van der Waals surface area contributed by atoms with E-state index in [1.807, 2.05) is 0 Å². The van der Waals surface area contributed by atoms with Crippen LogP contribution in [0, 0.1) is 0 Å². The van der Waals surface area contributed by atoms with Gasteiger partial charge in [-0.3, -0.25) is 0 Å². The Morgan fingerprint density at radius 3 is 2.75 bits per heavy atom. The van der Waals surface area contributed by atoms with E-state index >= 15 is 0 Å². The van der Waals surface area contributed by atoms with Crippen molar-refractivity contribution in [2.45, 2.75) is 39.4 Å². The molecule has 1 unspecified atom stereocenters. The van der Waals surface area contributed by atoms with Crippen LogP contribution in [0.2, 0.25) is 0 Å². The van der Waals surface area contributed by atoms with Gasteiger partial charge in [0.05, 0.1) is 0 Å². The lowest BCUT2D eigenvalue weighted by molar-refractivity contribution is 0.275. The van der Waals surface area contributed by atoms with Crippen molar-refractivity contribution in [3.8, 4) is 0 Å². The average molecular weight is 340 g/mol. The molecule has 3 nitrogen and oxygen atoms in total. The molecule has 0 radical (unpaired) electrons. The SMILES string of the molecule is CC(C)NCc1cc(Br)ccc1N1CCN(C)CC1C. The number of anilines is 1. The quantitative estimate of drug-likeness (QED) is 0.909. The summed E-state index contributed by atoms with van der Waals surface area (Å²) in [6.07, 6.45) is 0.